The van der Waals surface area contributed by atoms with Gasteiger partial charge < -0.3 is 4.57 Å². The van der Waals surface area contributed by atoms with E-state index < -0.39 is 0 Å². The van der Waals surface area contributed by atoms with Gasteiger partial charge in [0, 0.05) is 25.9 Å². The molecule has 0 spiro atoms. The molecular formula is C11H18N4O. The van der Waals surface area contributed by atoms with Crippen LogP contribution in [0.3, 0.4) is 0 Å². The summed E-state index contributed by atoms with van der Waals surface area (Å²) >= 11 is 0. The lowest BCUT2D eigenvalue weighted by Gasteiger charge is -2.30. The Morgan fingerprint density at radius 3 is 2.75 bits per heavy atom. The Morgan fingerprint density at radius 2 is 2.19 bits per heavy atom. The fourth-order valence-electron chi connectivity index (χ4n) is 2.17. The SMILES string of the molecule is CN(Cc1nncn1C)C1CCC(=O)CC1. The number of aromatic nitrogens is 3. The van der Waals surface area contributed by atoms with Gasteiger partial charge in [-0.05, 0) is 19.9 Å². The number of carbonyl (C=O) groups is 1. The van der Waals surface area contributed by atoms with E-state index in [0.717, 1.165) is 38.1 Å². The first-order valence-corrected chi connectivity index (χ1v) is 5.71. The van der Waals surface area contributed by atoms with Crippen LogP contribution >= 0.6 is 0 Å². The second-order valence-corrected chi connectivity index (χ2v) is 4.54. The zero-order valence-electron chi connectivity index (χ0n) is 9.89. The zero-order chi connectivity index (χ0) is 11.5. The summed E-state index contributed by atoms with van der Waals surface area (Å²) in [6.07, 6.45) is 5.13. The van der Waals surface area contributed by atoms with Crippen molar-refractivity contribution in [2.24, 2.45) is 7.05 Å². The van der Waals surface area contributed by atoms with Crippen molar-refractivity contribution in [3.05, 3.63) is 12.2 Å². The number of Topliss-reactive ketones (excluding diaryl/α,β-unsaturated/α-hetero) is 1. The molecule has 0 radical (unpaired) electrons. The third-order valence-corrected chi connectivity index (χ3v) is 3.33. The van der Waals surface area contributed by atoms with Crippen molar-refractivity contribution in [1.82, 2.24) is 19.7 Å². The molecule has 5 nitrogen and oxygen atoms in total. The van der Waals surface area contributed by atoms with Crippen LogP contribution in [-0.4, -0.2) is 38.5 Å². The van der Waals surface area contributed by atoms with Crippen molar-refractivity contribution in [2.45, 2.75) is 38.3 Å². The lowest BCUT2D eigenvalue weighted by molar-refractivity contribution is -0.121. The first-order valence-electron chi connectivity index (χ1n) is 5.71. The molecule has 16 heavy (non-hydrogen) atoms. The van der Waals surface area contributed by atoms with Gasteiger partial charge in [0.2, 0.25) is 0 Å². The van der Waals surface area contributed by atoms with Crippen molar-refractivity contribution >= 4 is 5.78 Å². The quantitative estimate of drug-likeness (QED) is 0.757. The molecule has 0 atom stereocenters. The fourth-order valence-corrected chi connectivity index (χ4v) is 2.17. The molecule has 0 amide bonds. The van der Waals surface area contributed by atoms with Gasteiger partial charge in [0.15, 0.2) is 0 Å². The molecule has 0 aliphatic heterocycles. The van der Waals surface area contributed by atoms with Crippen molar-refractivity contribution in [3.8, 4) is 0 Å². The minimum absolute atomic E-state index is 0.406. The van der Waals surface area contributed by atoms with Gasteiger partial charge in [-0.15, -0.1) is 10.2 Å². The Labute approximate surface area is 95.5 Å². The molecule has 1 heterocycles. The van der Waals surface area contributed by atoms with Crippen LogP contribution in [0, 0.1) is 0 Å². The molecule has 0 unspecified atom stereocenters. The fraction of sp³-hybridized carbons (Fsp3) is 0.727. The van der Waals surface area contributed by atoms with Crippen LogP contribution in [-0.2, 0) is 18.4 Å². The molecule has 2 rings (SSSR count). The molecule has 88 valence electrons. The molecule has 5 heteroatoms. The highest BCUT2D eigenvalue weighted by atomic mass is 16.1. The number of aryl methyl sites for hydroxylation is 1. The molecule has 1 saturated carbocycles. The zero-order valence-corrected chi connectivity index (χ0v) is 9.89. The van der Waals surface area contributed by atoms with E-state index in [1.165, 1.54) is 0 Å². The highest BCUT2D eigenvalue weighted by Gasteiger charge is 2.22. The van der Waals surface area contributed by atoms with Crippen LogP contribution in [0.25, 0.3) is 0 Å². The van der Waals surface area contributed by atoms with E-state index in [-0.39, 0.29) is 0 Å². The standard InChI is InChI=1S/C11H18N4O/c1-14(7-11-13-12-8-15(11)2)9-3-5-10(16)6-4-9/h8-9H,3-7H2,1-2H3. The van der Waals surface area contributed by atoms with Crippen molar-refractivity contribution in [3.63, 3.8) is 0 Å². The average Bonchev–Trinajstić information content (AvgIpc) is 2.65. The van der Waals surface area contributed by atoms with Crippen molar-refractivity contribution < 1.29 is 4.79 Å². The summed E-state index contributed by atoms with van der Waals surface area (Å²) in [6, 6.07) is 0.509. The molecule has 1 fully saturated rings. The summed E-state index contributed by atoms with van der Waals surface area (Å²) < 4.78 is 1.93. The van der Waals surface area contributed by atoms with Crippen LogP contribution in [0.2, 0.25) is 0 Å². The Morgan fingerprint density at radius 1 is 1.50 bits per heavy atom. The van der Waals surface area contributed by atoms with Crippen molar-refractivity contribution in [1.29, 1.82) is 0 Å². The van der Waals surface area contributed by atoms with Gasteiger partial charge >= 0.3 is 0 Å². The van der Waals surface area contributed by atoms with E-state index in [4.69, 9.17) is 0 Å². The predicted molar refractivity (Wildman–Crippen MR) is 59.7 cm³/mol. The number of hydrogen-bond acceptors (Lipinski definition) is 4. The summed E-state index contributed by atoms with van der Waals surface area (Å²) in [5, 5.41) is 7.93. The van der Waals surface area contributed by atoms with Gasteiger partial charge in [-0.1, -0.05) is 0 Å². The van der Waals surface area contributed by atoms with E-state index in [1.807, 2.05) is 11.6 Å². The molecule has 0 bridgehead atoms. The van der Waals surface area contributed by atoms with Crippen LogP contribution < -0.4 is 0 Å². The third-order valence-electron chi connectivity index (χ3n) is 3.33. The molecule has 0 saturated heterocycles. The van der Waals surface area contributed by atoms with Crippen LogP contribution in [0.4, 0.5) is 0 Å². The smallest absolute Gasteiger partial charge is 0.146 e. The van der Waals surface area contributed by atoms with Gasteiger partial charge in [0.1, 0.15) is 17.9 Å². The topological polar surface area (TPSA) is 51.0 Å². The first kappa shape index (κ1) is 11.3. The van der Waals surface area contributed by atoms with Gasteiger partial charge in [-0.25, -0.2) is 0 Å². The number of carbonyl (C=O) groups excluding carboxylic acids is 1. The van der Waals surface area contributed by atoms with Crippen molar-refractivity contribution in [2.75, 3.05) is 7.05 Å². The maximum absolute atomic E-state index is 11.2. The Bertz CT molecular complexity index is 364. The molecule has 0 aromatic carbocycles. The minimum Gasteiger partial charge on any atom is -0.320 e. The molecule has 1 aliphatic rings. The van der Waals surface area contributed by atoms with Gasteiger partial charge in [-0.3, -0.25) is 9.69 Å². The average molecular weight is 222 g/mol. The monoisotopic (exact) mass is 222 g/mol. The largest absolute Gasteiger partial charge is 0.320 e. The summed E-state index contributed by atoms with van der Waals surface area (Å²) in [4.78, 5) is 13.4. The van der Waals surface area contributed by atoms with E-state index >= 15 is 0 Å². The predicted octanol–water partition coefficient (Wildman–Crippen LogP) is 0.759. The number of nitrogens with zero attached hydrogens (tertiary/aromatic N) is 4. The number of ketones is 1. The minimum atomic E-state index is 0.406. The molecule has 1 aromatic rings. The first-order chi connectivity index (χ1) is 7.66. The Balaban J connectivity index is 1.91. The second kappa shape index (κ2) is 4.74. The number of rotatable bonds is 3. The molecule has 0 N–H and O–H groups in total. The van der Waals surface area contributed by atoms with Crippen LogP contribution in [0.5, 0.6) is 0 Å². The Kier molecular flexibility index (Phi) is 3.33. The third kappa shape index (κ3) is 2.47. The maximum Gasteiger partial charge on any atom is 0.146 e. The summed E-state index contributed by atoms with van der Waals surface area (Å²) in [5.41, 5.74) is 0. The van der Waals surface area contributed by atoms with Crippen LogP contribution in [0.1, 0.15) is 31.5 Å². The highest BCUT2D eigenvalue weighted by molar-refractivity contribution is 5.79. The second-order valence-electron chi connectivity index (χ2n) is 4.54. The molecule has 1 aromatic heterocycles. The normalized spacial score (nSPS) is 18.3. The van der Waals surface area contributed by atoms with E-state index in [9.17, 15) is 4.79 Å². The van der Waals surface area contributed by atoms with Gasteiger partial charge in [-0.2, -0.15) is 0 Å². The van der Waals surface area contributed by atoms with E-state index in [1.54, 1.807) is 6.33 Å². The number of hydrogen-bond donors (Lipinski definition) is 0. The molecular weight excluding hydrogens is 204 g/mol. The summed E-state index contributed by atoms with van der Waals surface area (Å²) in [7, 11) is 4.04. The van der Waals surface area contributed by atoms with E-state index in [2.05, 4.69) is 22.1 Å². The molecule has 1 aliphatic carbocycles. The lowest BCUT2D eigenvalue weighted by Crippen LogP contribution is -2.35. The van der Waals surface area contributed by atoms with E-state index in [0.29, 0.717) is 11.8 Å². The Hall–Kier alpha value is -1.23. The summed E-state index contributed by atoms with van der Waals surface area (Å²) in [6.45, 7) is 0.801. The maximum atomic E-state index is 11.2. The lowest BCUT2D eigenvalue weighted by atomic mass is 9.93. The van der Waals surface area contributed by atoms with Crippen LogP contribution in [0.15, 0.2) is 6.33 Å². The highest BCUT2D eigenvalue weighted by Crippen LogP contribution is 2.20. The van der Waals surface area contributed by atoms with Gasteiger partial charge in [0.25, 0.3) is 0 Å². The summed E-state index contributed by atoms with van der Waals surface area (Å²) in [5.74, 6) is 1.38. The van der Waals surface area contributed by atoms with Gasteiger partial charge in [0.05, 0.1) is 6.54 Å².